The van der Waals surface area contributed by atoms with Gasteiger partial charge in [0.05, 0.1) is 11.3 Å². The Labute approximate surface area is 191 Å². The number of benzene rings is 2. The van der Waals surface area contributed by atoms with Crippen LogP contribution < -0.4 is 5.32 Å². The fraction of sp³-hybridized carbons (Fsp3) is 0.250. The van der Waals surface area contributed by atoms with Crippen molar-refractivity contribution in [3.63, 3.8) is 0 Å². The number of nitrogens with one attached hydrogen (secondary N) is 1. The summed E-state index contributed by atoms with van der Waals surface area (Å²) in [6.07, 6.45) is 1.96. The zero-order chi connectivity index (χ0) is 22.7. The fourth-order valence-corrected chi connectivity index (χ4v) is 4.29. The molecule has 0 bridgehead atoms. The van der Waals surface area contributed by atoms with E-state index >= 15 is 0 Å². The van der Waals surface area contributed by atoms with Gasteiger partial charge in [0.15, 0.2) is 11.0 Å². The predicted molar refractivity (Wildman–Crippen MR) is 129 cm³/mol. The SMILES string of the molecule is CCn1c(SCC(=O)Nc2ccc(C)c(C)c2)nnc1-c1cn(C)nc1-c1ccccc1. The molecule has 0 radical (unpaired) electrons. The van der Waals surface area contributed by atoms with Crippen LogP contribution in [0.5, 0.6) is 0 Å². The summed E-state index contributed by atoms with van der Waals surface area (Å²) in [5, 5.41) is 17.1. The Morgan fingerprint density at radius 3 is 2.56 bits per heavy atom. The third-order valence-corrected chi connectivity index (χ3v) is 6.24. The summed E-state index contributed by atoms with van der Waals surface area (Å²) >= 11 is 1.38. The molecule has 0 spiro atoms. The van der Waals surface area contributed by atoms with Crippen molar-refractivity contribution in [3.8, 4) is 22.6 Å². The quantitative estimate of drug-likeness (QED) is 0.416. The van der Waals surface area contributed by atoms with E-state index in [-0.39, 0.29) is 11.7 Å². The highest BCUT2D eigenvalue weighted by molar-refractivity contribution is 7.99. The number of thioether (sulfide) groups is 1. The van der Waals surface area contributed by atoms with Crippen molar-refractivity contribution in [2.45, 2.75) is 32.5 Å². The lowest BCUT2D eigenvalue weighted by Gasteiger charge is -2.09. The van der Waals surface area contributed by atoms with E-state index in [0.717, 1.165) is 33.9 Å². The average Bonchev–Trinajstić information content (AvgIpc) is 3.38. The molecule has 0 saturated heterocycles. The van der Waals surface area contributed by atoms with E-state index < -0.39 is 0 Å². The lowest BCUT2D eigenvalue weighted by Crippen LogP contribution is -2.14. The number of amides is 1. The van der Waals surface area contributed by atoms with E-state index in [9.17, 15) is 4.79 Å². The summed E-state index contributed by atoms with van der Waals surface area (Å²) in [6, 6.07) is 16.0. The van der Waals surface area contributed by atoms with Gasteiger partial charge in [-0.15, -0.1) is 10.2 Å². The number of nitrogens with zero attached hydrogens (tertiary/aromatic N) is 5. The van der Waals surface area contributed by atoms with Crippen LogP contribution in [-0.4, -0.2) is 36.2 Å². The van der Waals surface area contributed by atoms with Crippen molar-refractivity contribution in [2.24, 2.45) is 7.05 Å². The normalized spacial score (nSPS) is 11.0. The second-order valence-electron chi connectivity index (χ2n) is 7.62. The van der Waals surface area contributed by atoms with Gasteiger partial charge in [0.2, 0.25) is 5.91 Å². The van der Waals surface area contributed by atoms with Crippen LogP contribution in [0.4, 0.5) is 5.69 Å². The van der Waals surface area contributed by atoms with Gasteiger partial charge in [-0.05, 0) is 44.0 Å². The fourth-order valence-electron chi connectivity index (χ4n) is 3.49. The second-order valence-corrected chi connectivity index (χ2v) is 8.56. The highest BCUT2D eigenvalue weighted by Gasteiger charge is 2.20. The molecule has 0 aliphatic heterocycles. The average molecular weight is 447 g/mol. The van der Waals surface area contributed by atoms with E-state index in [2.05, 4.69) is 27.5 Å². The molecular formula is C24H26N6OS. The van der Waals surface area contributed by atoms with Crippen LogP contribution in [-0.2, 0) is 18.4 Å². The summed E-state index contributed by atoms with van der Waals surface area (Å²) in [6.45, 7) is 6.82. The van der Waals surface area contributed by atoms with E-state index in [1.165, 1.54) is 17.3 Å². The van der Waals surface area contributed by atoms with Gasteiger partial charge in [-0.2, -0.15) is 5.10 Å². The number of aromatic nitrogens is 5. The van der Waals surface area contributed by atoms with Crippen molar-refractivity contribution in [1.29, 1.82) is 0 Å². The number of anilines is 1. The summed E-state index contributed by atoms with van der Waals surface area (Å²) in [5.41, 5.74) is 5.95. The van der Waals surface area contributed by atoms with Gasteiger partial charge < -0.3 is 9.88 Å². The molecule has 2 aromatic heterocycles. The Bertz CT molecular complexity index is 1240. The van der Waals surface area contributed by atoms with E-state index in [0.29, 0.717) is 11.7 Å². The number of rotatable bonds is 7. The van der Waals surface area contributed by atoms with E-state index in [1.807, 2.05) is 80.2 Å². The monoisotopic (exact) mass is 446 g/mol. The summed E-state index contributed by atoms with van der Waals surface area (Å²) in [4.78, 5) is 12.5. The largest absolute Gasteiger partial charge is 0.325 e. The minimum absolute atomic E-state index is 0.0724. The summed E-state index contributed by atoms with van der Waals surface area (Å²) in [5.74, 6) is 0.928. The molecule has 4 rings (SSSR count). The van der Waals surface area contributed by atoms with Crippen molar-refractivity contribution in [2.75, 3.05) is 11.1 Å². The number of aryl methyl sites for hydroxylation is 3. The topological polar surface area (TPSA) is 77.6 Å². The lowest BCUT2D eigenvalue weighted by atomic mass is 10.1. The lowest BCUT2D eigenvalue weighted by molar-refractivity contribution is -0.113. The Kier molecular flexibility index (Phi) is 6.41. The van der Waals surface area contributed by atoms with Crippen LogP contribution in [0.2, 0.25) is 0 Å². The molecule has 0 aliphatic rings. The van der Waals surface area contributed by atoms with Crippen LogP contribution >= 0.6 is 11.8 Å². The first-order valence-electron chi connectivity index (χ1n) is 10.5. The van der Waals surface area contributed by atoms with Gasteiger partial charge >= 0.3 is 0 Å². The zero-order valence-corrected chi connectivity index (χ0v) is 19.5. The molecule has 0 saturated carbocycles. The van der Waals surface area contributed by atoms with Crippen molar-refractivity contribution in [3.05, 3.63) is 65.9 Å². The highest BCUT2D eigenvalue weighted by Crippen LogP contribution is 2.31. The third-order valence-electron chi connectivity index (χ3n) is 5.27. The molecular weight excluding hydrogens is 420 g/mol. The first-order valence-corrected chi connectivity index (χ1v) is 11.5. The molecule has 2 aromatic carbocycles. The summed E-state index contributed by atoms with van der Waals surface area (Å²) in [7, 11) is 1.90. The first-order chi connectivity index (χ1) is 15.5. The highest BCUT2D eigenvalue weighted by atomic mass is 32.2. The molecule has 164 valence electrons. The minimum atomic E-state index is -0.0724. The molecule has 0 fully saturated rings. The molecule has 7 nitrogen and oxygen atoms in total. The predicted octanol–water partition coefficient (Wildman–Crippen LogP) is 4.71. The van der Waals surface area contributed by atoms with Crippen molar-refractivity contribution < 1.29 is 4.79 Å². The smallest absolute Gasteiger partial charge is 0.234 e. The molecule has 4 aromatic rings. The molecule has 32 heavy (non-hydrogen) atoms. The third kappa shape index (κ3) is 4.60. The first kappa shape index (κ1) is 21.8. The molecule has 1 N–H and O–H groups in total. The maximum atomic E-state index is 12.5. The van der Waals surface area contributed by atoms with Gasteiger partial charge in [-0.3, -0.25) is 9.48 Å². The maximum absolute atomic E-state index is 12.5. The van der Waals surface area contributed by atoms with Gasteiger partial charge in [-0.25, -0.2) is 0 Å². The number of carbonyl (C=O) groups is 1. The minimum Gasteiger partial charge on any atom is -0.325 e. The Morgan fingerprint density at radius 2 is 1.84 bits per heavy atom. The second kappa shape index (κ2) is 9.40. The molecule has 8 heteroatoms. The maximum Gasteiger partial charge on any atom is 0.234 e. The zero-order valence-electron chi connectivity index (χ0n) is 18.7. The van der Waals surface area contributed by atoms with Gasteiger partial charge in [0.25, 0.3) is 0 Å². The number of hydrogen-bond donors (Lipinski definition) is 1. The molecule has 1 amide bonds. The molecule has 0 atom stereocenters. The standard InChI is InChI=1S/C24H26N6OS/c1-5-30-23(20-14-29(4)28-22(20)18-9-7-6-8-10-18)26-27-24(30)32-15-21(31)25-19-12-11-16(2)17(3)13-19/h6-14H,5,15H2,1-4H3,(H,25,31). The van der Waals surface area contributed by atoms with Crippen LogP contribution in [0.3, 0.4) is 0 Å². The van der Waals surface area contributed by atoms with Gasteiger partial charge in [0, 0.05) is 31.0 Å². The van der Waals surface area contributed by atoms with E-state index in [1.54, 1.807) is 4.68 Å². The molecule has 2 heterocycles. The molecule has 0 aliphatic carbocycles. The van der Waals surface area contributed by atoms with Crippen LogP contribution in [0, 0.1) is 13.8 Å². The Morgan fingerprint density at radius 1 is 1.06 bits per heavy atom. The number of carbonyl (C=O) groups excluding carboxylic acids is 1. The summed E-state index contributed by atoms with van der Waals surface area (Å²) < 4.78 is 3.81. The van der Waals surface area contributed by atoms with Crippen LogP contribution in [0.25, 0.3) is 22.6 Å². The Balaban J connectivity index is 1.53. The van der Waals surface area contributed by atoms with Crippen LogP contribution in [0.15, 0.2) is 59.9 Å². The molecule has 0 unspecified atom stereocenters. The van der Waals surface area contributed by atoms with Crippen molar-refractivity contribution >= 4 is 23.4 Å². The van der Waals surface area contributed by atoms with Crippen LogP contribution in [0.1, 0.15) is 18.1 Å². The Hall–Kier alpha value is -3.39. The van der Waals surface area contributed by atoms with E-state index in [4.69, 9.17) is 0 Å². The van der Waals surface area contributed by atoms with Gasteiger partial charge in [0.1, 0.15) is 5.69 Å². The van der Waals surface area contributed by atoms with Gasteiger partial charge in [-0.1, -0.05) is 48.2 Å². The van der Waals surface area contributed by atoms with Crippen molar-refractivity contribution in [1.82, 2.24) is 24.5 Å². The number of hydrogen-bond acceptors (Lipinski definition) is 5.